The van der Waals surface area contributed by atoms with Gasteiger partial charge in [0, 0.05) is 13.5 Å². The van der Waals surface area contributed by atoms with Gasteiger partial charge in [-0.25, -0.2) is 0 Å². The van der Waals surface area contributed by atoms with Gasteiger partial charge in [-0.15, -0.1) is 0 Å². The van der Waals surface area contributed by atoms with Crippen LogP contribution in [-0.4, -0.2) is 36.4 Å². The van der Waals surface area contributed by atoms with Crippen LogP contribution in [-0.2, 0) is 9.53 Å². The first-order chi connectivity index (χ1) is 7.14. The Kier molecular flexibility index (Phi) is 4.54. The number of hydrogen-bond acceptors (Lipinski definition) is 3. The highest BCUT2D eigenvalue weighted by Crippen LogP contribution is 2.30. The molecule has 4 heteroatoms. The van der Waals surface area contributed by atoms with Crippen LogP contribution in [0.3, 0.4) is 0 Å². The molecule has 0 bridgehead atoms. The van der Waals surface area contributed by atoms with E-state index in [-0.39, 0.29) is 6.10 Å². The van der Waals surface area contributed by atoms with Crippen LogP contribution in [0.5, 0.6) is 0 Å². The zero-order chi connectivity index (χ0) is 11.3. The van der Waals surface area contributed by atoms with Crippen LogP contribution < -0.4 is 5.32 Å². The number of nitrogens with one attached hydrogen (secondary N) is 1. The third-order valence-corrected chi connectivity index (χ3v) is 3.16. The van der Waals surface area contributed by atoms with Gasteiger partial charge in [-0.3, -0.25) is 4.79 Å². The lowest BCUT2D eigenvalue weighted by Crippen LogP contribution is -2.56. The van der Waals surface area contributed by atoms with E-state index in [1.54, 1.807) is 7.11 Å². The van der Waals surface area contributed by atoms with Gasteiger partial charge in [0.1, 0.15) is 5.54 Å². The molecule has 0 spiro atoms. The van der Waals surface area contributed by atoms with E-state index in [1.807, 2.05) is 6.92 Å². The molecule has 0 aliphatic heterocycles. The van der Waals surface area contributed by atoms with E-state index >= 15 is 0 Å². The number of carboxylic acids is 1. The van der Waals surface area contributed by atoms with Crippen molar-refractivity contribution in [1.29, 1.82) is 0 Å². The molecule has 1 fully saturated rings. The van der Waals surface area contributed by atoms with Crippen molar-refractivity contribution >= 4 is 5.97 Å². The summed E-state index contributed by atoms with van der Waals surface area (Å²) in [6.45, 7) is 2.79. The second-order valence-corrected chi connectivity index (χ2v) is 4.27. The largest absolute Gasteiger partial charge is 0.480 e. The highest BCUT2D eigenvalue weighted by Gasteiger charge is 2.42. The van der Waals surface area contributed by atoms with Gasteiger partial charge in [0.2, 0.25) is 0 Å². The molecular weight excluding hydrogens is 194 g/mol. The summed E-state index contributed by atoms with van der Waals surface area (Å²) in [7, 11) is 1.66. The molecule has 88 valence electrons. The number of aliphatic carboxylic acids is 1. The summed E-state index contributed by atoms with van der Waals surface area (Å²) >= 11 is 0. The first-order valence-electron chi connectivity index (χ1n) is 5.66. The highest BCUT2D eigenvalue weighted by atomic mass is 16.5. The first kappa shape index (κ1) is 12.5. The molecule has 0 aromatic heterocycles. The Hall–Kier alpha value is -0.610. The fourth-order valence-electron chi connectivity index (χ4n) is 2.22. The molecule has 0 amide bonds. The van der Waals surface area contributed by atoms with Gasteiger partial charge in [-0.05, 0) is 32.2 Å². The molecule has 1 saturated carbocycles. The van der Waals surface area contributed by atoms with Crippen LogP contribution in [0.4, 0.5) is 0 Å². The molecule has 4 nitrogen and oxygen atoms in total. The molecule has 0 aromatic rings. The minimum atomic E-state index is -0.755. The first-order valence-corrected chi connectivity index (χ1v) is 5.66. The van der Waals surface area contributed by atoms with Crippen molar-refractivity contribution < 1.29 is 14.6 Å². The van der Waals surface area contributed by atoms with Crippen LogP contribution in [0.15, 0.2) is 0 Å². The Morgan fingerprint density at radius 1 is 1.67 bits per heavy atom. The molecule has 1 aliphatic carbocycles. The monoisotopic (exact) mass is 215 g/mol. The summed E-state index contributed by atoms with van der Waals surface area (Å²) in [4.78, 5) is 11.3. The third kappa shape index (κ3) is 2.92. The fourth-order valence-corrected chi connectivity index (χ4v) is 2.22. The topological polar surface area (TPSA) is 58.6 Å². The Morgan fingerprint density at radius 3 is 2.93 bits per heavy atom. The fraction of sp³-hybridized carbons (Fsp3) is 0.909. The normalized spacial score (nSPS) is 31.5. The maximum atomic E-state index is 11.3. The van der Waals surface area contributed by atoms with Crippen LogP contribution in [0.25, 0.3) is 0 Å². The van der Waals surface area contributed by atoms with Crippen molar-refractivity contribution in [3.05, 3.63) is 0 Å². The van der Waals surface area contributed by atoms with Crippen LogP contribution >= 0.6 is 0 Å². The number of ether oxygens (including phenoxy) is 1. The van der Waals surface area contributed by atoms with Crippen molar-refractivity contribution in [2.24, 2.45) is 0 Å². The number of carbonyl (C=O) groups is 1. The second-order valence-electron chi connectivity index (χ2n) is 4.27. The molecule has 2 unspecified atom stereocenters. The van der Waals surface area contributed by atoms with E-state index in [4.69, 9.17) is 4.74 Å². The second kappa shape index (κ2) is 5.47. The summed E-state index contributed by atoms with van der Waals surface area (Å²) in [6, 6.07) is 0. The third-order valence-electron chi connectivity index (χ3n) is 3.16. The van der Waals surface area contributed by atoms with Crippen LogP contribution in [0, 0.1) is 0 Å². The van der Waals surface area contributed by atoms with E-state index in [2.05, 4.69) is 5.32 Å². The van der Waals surface area contributed by atoms with Crippen molar-refractivity contribution in [3.8, 4) is 0 Å². The Balaban J connectivity index is 2.66. The summed E-state index contributed by atoms with van der Waals surface area (Å²) in [5.74, 6) is -0.738. The number of hydrogen-bond donors (Lipinski definition) is 2. The van der Waals surface area contributed by atoms with E-state index < -0.39 is 11.5 Å². The van der Waals surface area contributed by atoms with E-state index in [0.717, 1.165) is 25.8 Å². The highest BCUT2D eigenvalue weighted by molar-refractivity contribution is 5.79. The molecule has 2 N–H and O–H groups in total. The van der Waals surface area contributed by atoms with E-state index in [1.165, 1.54) is 0 Å². The molecule has 0 aromatic carbocycles. The Labute approximate surface area is 91.0 Å². The predicted octanol–water partition coefficient (Wildman–Crippen LogP) is 1.40. The van der Waals surface area contributed by atoms with Gasteiger partial charge >= 0.3 is 5.97 Å². The quantitative estimate of drug-likeness (QED) is 0.727. The zero-order valence-corrected chi connectivity index (χ0v) is 9.58. The molecule has 0 radical (unpaired) electrons. The summed E-state index contributed by atoms with van der Waals surface area (Å²) in [5.41, 5.74) is -0.755. The molecular formula is C11H21NO3. The minimum absolute atomic E-state index is 0.0826. The van der Waals surface area contributed by atoms with Gasteiger partial charge in [-0.2, -0.15) is 0 Å². The standard InChI is InChI=1S/C11H21NO3/c1-3-7-12-11(10(13)14)6-4-5-9(8-11)15-2/h9,12H,3-8H2,1-2H3,(H,13,14). The van der Waals surface area contributed by atoms with Crippen molar-refractivity contribution in [2.45, 2.75) is 50.7 Å². The lowest BCUT2D eigenvalue weighted by molar-refractivity contribution is -0.148. The molecule has 1 aliphatic rings. The molecule has 15 heavy (non-hydrogen) atoms. The minimum Gasteiger partial charge on any atom is -0.480 e. The summed E-state index contributed by atoms with van der Waals surface area (Å²) in [6.07, 6.45) is 4.22. The average Bonchev–Trinajstić information content (AvgIpc) is 2.26. The molecule has 0 heterocycles. The average molecular weight is 215 g/mol. The number of carboxylic acid groups (broad SMARTS) is 1. The maximum Gasteiger partial charge on any atom is 0.323 e. The Morgan fingerprint density at radius 2 is 2.40 bits per heavy atom. The van der Waals surface area contributed by atoms with Gasteiger partial charge in [0.25, 0.3) is 0 Å². The molecule has 2 atom stereocenters. The number of rotatable bonds is 5. The van der Waals surface area contributed by atoms with Crippen LogP contribution in [0.2, 0.25) is 0 Å². The molecule has 1 rings (SSSR count). The van der Waals surface area contributed by atoms with Gasteiger partial charge in [0.15, 0.2) is 0 Å². The van der Waals surface area contributed by atoms with E-state index in [0.29, 0.717) is 12.8 Å². The maximum absolute atomic E-state index is 11.3. The predicted molar refractivity (Wildman–Crippen MR) is 57.9 cm³/mol. The summed E-state index contributed by atoms with van der Waals surface area (Å²) in [5, 5.41) is 12.5. The number of methoxy groups -OCH3 is 1. The van der Waals surface area contributed by atoms with Crippen molar-refractivity contribution in [3.63, 3.8) is 0 Å². The van der Waals surface area contributed by atoms with Gasteiger partial charge in [-0.1, -0.05) is 6.92 Å². The zero-order valence-electron chi connectivity index (χ0n) is 9.58. The van der Waals surface area contributed by atoms with Crippen LogP contribution in [0.1, 0.15) is 39.0 Å². The van der Waals surface area contributed by atoms with Gasteiger partial charge in [0.05, 0.1) is 6.10 Å². The smallest absolute Gasteiger partial charge is 0.323 e. The molecule has 0 saturated heterocycles. The summed E-state index contributed by atoms with van der Waals surface area (Å²) < 4.78 is 5.27. The van der Waals surface area contributed by atoms with E-state index in [9.17, 15) is 9.90 Å². The lowest BCUT2D eigenvalue weighted by Gasteiger charge is -2.37. The SMILES string of the molecule is CCCNC1(C(=O)O)CCCC(OC)C1. The van der Waals surface area contributed by atoms with Crippen molar-refractivity contribution in [2.75, 3.05) is 13.7 Å². The Bertz CT molecular complexity index is 220. The van der Waals surface area contributed by atoms with Crippen molar-refractivity contribution in [1.82, 2.24) is 5.32 Å². The van der Waals surface area contributed by atoms with Gasteiger partial charge < -0.3 is 15.2 Å². The lowest BCUT2D eigenvalue weighted by atomic mass is 9.80.